The fraction of sp³-hybridized carbons (Fsp3) is 0.385. The molecule has 0 heterocycles. The van der Waals surface area contributed by atoms with Gasteiger partial charge in [0.2, 0.25) is 0 Å². The third kappa shape index (κ3) is 4.48. The predicted molar refractivity (Wildman–Crippen MR) is 78.0 cm³/mol. The molecule has 0 aromatic heterocycles. The van der Waals surface area contributed by atoms with Gasteiger partial charge in [0, 0.05) is 24.5 Å². The standard InChI is InChI=1S/C13H18N2O3S/c1-9(8-19-3)15(2)13(18)14-11-6-4-10(5-7-11)12(16)17/h4-7,9H,8H2,1-3H3,(H,14,18)(H,16,17). The second kappa shape index (κ2) is 7.04. The Labute approximate surface area is 117 Å². The van der Waals surface area contributed by atoms with E-state index < -0.39 is 5.97 Å². The highest BCUT2D eigenvalue weighted by Crippen LogP contribution is 2.11. The minimum absolute atomic E-state index is 0.133. The van der Waals surface area contributed by atoms with Gasteiger partial charge in [0.05, 0.1) is 5.56 Å². The molecule has 0 bridgehead atoms. The van der Waals surface area contributed by atoms with Crippen LogP contribution in [0.15, 0.2) is 24.3 Å². The van der Waals surface area contributed by atoms with Crippen molar-refractivity contribution in [2.75, 3.05) is 24.4 Å². The van der Waals surface area contributed by atoms with E-state index in [0.717, 1.165) is 5.75 Å². The maximum absolute atomic E-state index is 11.9. The number of benzene rings is 1. The van der Waals surface area contributed by atoms with Crippen LogP contribution in [0.4, 0.5) is 10.5 Å². The van der Waals surface area contributed by atoms with Crippen molar-refractivity contribution in [3.8, 4) is 0 Å². The molecule has 104 valence electrons. The molecule has 0 aliphatic carbocycles. The smallest absolute Gasteiger partial charge is 0.335 e. The topological polar surface area (TPSA) is 69.6 Å². The number of amides is 2. The highest BCUT2D eigenvalue weighted by Gasteiger charge is 2.15. The fourth-order valence-corrected chi connectivity index (χ4v) is 2.17. The van der Waals surface area contributed by atoms with E-state index in [4.69, 9.17) is 5.11 Å². The molecule has 1 aromatic carbocycles. The average molecular weight is 282 g/mol. The summed E-state index contributed by atoms with van der Waals surface area (Å²) in [5.41, 5.74) is 0.778. The van der Waals surface area contributed by atoms with Crippen LogP contribution in [0.5, 0.6) is 0 Å². The summed E-state index contributed by atoms with van der Waals surface area (Å²) in [6, 6.07) is 6.01. The molecule has 0 aliphatic rings. The van der Waals surface area contributed by atoms with Crippen LogP contribution >= 0.6 is 11.8 Å². The quantitative estimate of drug-likeness (QED) is 0.871. The van der Waals surface area contributed by atoms with Gasteiger partial charge < -0.3 is 15.3 Å². The maximum Gasteiger partial charge on any atom is 0.335 e. The molecule has 0 spiro atoms. The second-order valence-electron chi connectivity index (χ2n) is 4.23. The molecule has 5 nitrogen and oxygen atoms in total. The minimum Gasteiger partial charge on any atom is -0.478 e. The number of aromatic carboxylic acids is 1. The highest BCUT2D eigenvalue weighted by atomic mass is 32.2. The van der Waals surface area contributed by atoms with E-state index in [1.165, 1.54) is 12.1 Å². The number of carbonyl (C=O) groups is 2. The Morgan fingerprint density at radius 1 is 1.37 bits per heavy atom. The van der Waals surface area contributed by atoms with Gasteiger partial charge in [0.1, 0.15) is 0 Å². The molecule has 0 saturated heterocycles. The van der Waals surface area contributed by atoms with Gasteiger partial charge in [-0.3, -0.25) is 0 Å². The lowest BCUT2D eigenvalue weighted by atomic mass is 10.2. The average Bonchev–Trinajstić information content (AvgIpc) is 2.38. The largest absolute Gasteiger partial charge is 0.478 e. The van der Waals surface area contributed by atoms with Crippen LogP contribution in [-0.4, -0.2) is 47.1 Å². The summed E-state index contributed by atoms with van der Waals surface area (Å²) in [6.45, 7) is 1.98. The van der Waals surface area contributed by atoms with Gasteiger partial charge in [-0.05, 0) is 37.4 Å². The summed E-state index contributed by atoms with van der Waals surface area (Å²) in [5.74, 6) is -0.120. The lowest BCUT2D eigenvalue weighted by Gasteiger charge is -2.24. The normalized spacial score (nSPS) is 11.7. The molecular weight excluding hydrogens is 264 g/mol. The number of carboxylic acids is 1. The minimum atomic E-state index is -0.983. The zero-order chi connectivity index (χ0) is 14.4. The Balaban J connectivity index is 2.63. The first kappa shape index (κ1) is 15.4. The second-order valence-corrected chi connectivity index (χ2v) is 5.14. The molecule has 1 rings (SSSR count). The molecule has 19 heavy (non-hydrogen) atoms. The Kier molecular flexibility index (Phi) is 5.69. The number of nitrogens with zero attached hydrogens (tertiary/aromatic N) is 1. The van der Waals surface area contributed by atoms with Crippen LogP contribution in [-0.2, 0) is 0 Å². The first-order valence-corrected chi connectivity index (χ1v) is 7.21. The van der Waals surface area contributed by atoms with Crippen molar-refractivity contribution in [3.63, 3.8) is 0 Å². The summed E-state index contributed by atoms with van der Waals surface area (Å²) in [6.07, 6.45) is 1.99. The Morgan fingerprint density at radius 3 is 2.42 bits per heavy atom. The lowest BCUT2D eigenvalue weighted by Crippen LogP contribution is -2.39. The van der Waals surface area contributed by atoms with E-state index in [2.05, 4.69) is 5.32 Å². The SMILES string of the molecule is CSCC(C)N(C)C(=O)Nc1ccc(C(=O)O)cc1. The molecule has 2 N–H and O–H groups in total. The summed E-state index contributed by atoms with van der Waals surface area (Å²) in [4.78, 5) is 24.3. The van der Waals surface area contributed by atoms with Crippen LogP contribution in [0.3, 0.4) is 0 Å². The molecule has 0 saturated carbocycles. The van der Waals surface area contributed by atoms with E-state index >= 15 is 0 Å². The van der Waals surface area contributed by atoms with Gasteiger partial charge in [-0.2, -0.15) is 11.8 Å². The van der Waals surface area contributed by atoms with E-state index in [1.54, 1.807) is 35.8 Å². The number of carbonyl (C=O) groups excluding carboxylic acids is 1. The van der Waals surface area contributed by atoms with Crippen molar-refractivity contribution >= 4 is 29.4 Å². The van der Waals surface area contributed by atoms with Crippen molar-refractivity contribution in [2.45, 2.75) is 13.0 Å². The van der Waals surface area contributed by atoms with Gasteiger partial charge in [0.15, 0.2) is 0 Å². The van der Waals surface area contributed by atoms with E-state index in [9.17, 15) is 9.59 Å². The molecular formula is C13H18N2O3S. The van der Waals surface area contributed by atoms with Crippen molar-refractivity contribution in [1.82, 2.24) is 4.90 Å². The van der Waals surface area contributed by atoms with Gasteiger partial charge in [-0.1, -0.05) is 0 Å². The number of anilines is 1. The monoisotopic (exact) mass is 282 g/mol. The predicted octanol–water partition coefficient (Wildman–Crippen LogP) is 2.60. The van der Waals surface area contributed by atoms with Crippen LogP contribution in [0, 0.1) is 0 Å². The number of rotatable bonds is 5. The number of hydrogen-bond acceptors (Lipinski definition) is 3. The van der Waals surface area contributed by atoms with Gasteiger partial charge in [0.25, 0.3) is 0 Å². The Hall–Kier alpha value is -1.69. The van der Waals surface area contributed by atoms with Crippen LogP contribution < -0.4 is 5.32 Å². The third-order valence-electron chi connectivity index (χ3n) is 2.77. The Bertz CT molecular complexity index is 448. The molecule has 0 aliphatic heterocycles. The maximum atomic E-state index is 11.9. The zero-order valence-electron chi connectivity index (χ0n) is 11.2. The first-order valence-electron chi connectivity index (χ1n) is 5.81. The van der Waals surface area contributed by atoms with Gasteiger partial charge >= 0.3 is 12.0 Å². The molecule has 6 heteroatoms. The molecule has 2 amide bonds. The first-order chi connectivity index (χ1) is 8.95. The summed E-state index contributed by atoms with van der Waals surface area (Å²) >= 11 is 1.68. The molecule has 1 unspecified atom stereocenters. The number of hydrogen-bond donors (Lipinski definition) is 2. The molecule has 1 aromatic rings. The fourth-order valence-electron chi connectivity index (χ4n) is 1.46. The lowest BCUT2D eigenvalue weighted by molar-refractivity contribution is 0.0697. The number of nitrogens with one attached hydrogen (secondary N) is 1. The summed E-state index contributed by atoms with van der Waals surface area (Å²) in [5, 5.41) is 11.5. The third-order valence-corrected chi connectivity index (χ3v) is 3.59. The van der Waals surface area contributed by atoms with E-state index in [0.29, 0.717) is 5.69 Å². The van der Waals surface area contributed by atoms with Crippen molar-refractivity contribution in [3.05, 3.63) is 29.8 Å². The molecule has 1 atom stereocenters. The highest BCUT2D eigenvalue weighted by molar-refractivity contribution is 7.98. The van der Waals surface area contributed by atoms with E-state index in [1.807, 2.05) is 13.2 Å². The number of carboxylic acid groups (broad SMARTS) is 1. The van der Waals surface area contributed by atoms with Gasteiger partial charge in [-0.15, -0.1) is 0 Å². The van der Waals surface area contributed by atoms with Crippen molar-refractivity contribution in [1.29, 1.82) is 0 Å². The van der Waals surface area contributed by atoms with Crippen LogP contribution in [0.1, 0.15) is 17.3 Å². The number of thioether (sulfide) groups is 1. The molecule has 0 fully saturated rings. The van der Waals surface area contributed by atoms with Crippen molar-refractivity contribution < 1.29 is 14.7 Å². The summed E-state index contributed by atoms with van der Waals surface area (Å²) < 4.78 is 0. The summed E-state index contributed by atoms with van der Waals surface area (Å²) in [7, 11) is 1.74. The zero-order valence-corrected chi connectivity index (χ0v) is 12.0. The Morgan fingerprint density at radius 2 is 1.95 bits per heavy atom. The van der Waals surface area contributed by atoms with Crippen LogP contribution in [0.25, 0.3) is 0 Å². The number of urea groups is 1. The van der Waals surface area contributed by atoms with Crippen LogP contribution in [0.2, 0.25) is 0 Å². The van der Waals surface area contributed by atoms with E-state index in [-0.39, 0.29) is 17.6 Å². The molecule has 0 radical (unpaired) electrons. The van der Waals surface area contributed by atoms with Crippen molar-refractivity contribution in [2.24, 2.45) is 0 Å². The van der Waals surface area contributed by atoms with Gasteiger partial charge in [-0.25, -0.2) is 9.59 Å².